The Bertz CT molecular complexity index is 1190. The summed E-state index contributed by atoms with van der Waals surface area (Å²) in [7, 11) is 1.41. The molecule has 0 unspecified atom stereocenters. The number of benzene rings is 1. The van der Waals surface area contributed by atoms with Gasteiger partial charge in [-0.15, -0.1) is 0 Å². The van der Waals surface area contributed by atoms with E-state index in [-0.39, 0.29) is 24.5 Å². The van der Waals surface area contributed by atoms with Crippen molar-refractivity contribution in [3.8, 4) is 5.69 Å². The molecule has 1 aliphatic heterocycles. The Hall–Kier alpha value is -3.19. The van der Waals surface area contributed by atoms with Crippen LogP contribution in [0.4, 0.5) is 0 Å². The number of hydrogen-bond donors (Lipinski definition) is 1. The van der Waals surface area contributed by atoms with E-state index in [0.29, 0.717) is 11.7 Å². The van der Waals surface area contributed by atoms with Gasteiger partial charge in [-0.2, -0.15) is 0 Å². The normalized spacial score (nSPS) is 17.8. The zero-order valence-electron chi connectivity index (χ0n) is 19.8. The van der Waals surface area contributed by atoms with Crippen LogP contribution >= 0.6 is 12.2 Å². The lowest BCUT2D eigenvalue weighted by Gasteiger charge is -2.28. The van der Waals surface area contributed by atoms with Gasteiger partial charge in [0.2, 0.25) is 0 Å². The third-order valence-corrected chi connectivity index (χ3v) is 6.73. The number of nitrogens with one attached hydrogen (secondary N) is 1. The summed E-state index contributed by atoms with van der Waals surface area (Å²) in [5.41, 5.74) is 8.02. The molecule has 2 atom stereocenters. The molecule has 6 nitrogen and oxygen atoms in total. The number of pyridine rings is 1. The van der Waals surface area contributed by atoms with Crippen molar-refractivity contribution < 1.29 is 9.53 Å². The van der Waals surface area contributed by atoms with Crippen LogP contribution in [0, 0.1) is 27.7 Å². The van der Waals surface area contributed by atoms with Crippen LogP contribution in [0.1, 0.15) is 52.3 Å². The summed E-state index contributed by atoms with van der Waals surface area (Å²) in [6.45, 7) is 9.01. The number of methoxy groups -OCH3 is 1. The number of carbonyl (C=O) groups excluding carboxylic acids is 1. The largest absolute Gasteiger partial charge is 0.469 e. The first-order valence-electron chi connectivity index (χ1n) is 11.1. The van der Waals surface area contributed by atoms with Crippen LogP contribution in [0.15, 0.2) is 48.7 Å². The second-order valence-corrected chi connectivity index (χ2v) is 8.98. The molecule has 1 aromatic carbocycles. The Morgan fingerprint density at radius 1 is 1.15 bits per heavy atom. The van der Waals surface area contributed by atoms with E-state index in [1.807, 2.05) is 18.2 Å². The first-order chi connectivity index (χ1) is 15.8. The Kier molecular flexibility index (Phi) is 6.51. The van der Waals surface area contributed by atoms with Crippen LogP contribution in [-0.4, -0.2) is 39.2 Å². The van der Waals surface area contributed by atoms with E-state index in [0.717, 1.165) is 17.1 Å². The van der Waals surface area contributed by atoms with Crippen LogP contribution in [-0.2, 0) is 9.53 Å². The number of thiocarbonyl (C=S) groups is 1. The van der Waals surface area contributed by atoms with Crippen molar-refractivity contribution in [3.05, 3.63) is 82.4 Å². The van der Waals surface area contributed by atoms with E-state index in [1.54, 1.807) is 6.20 Å². The lowest BCUT2D eigenvalue weighted by atomic mass is 9.96. The van der Waals surface area contributed by atoms with Gasteiger partial charge in [-0.3, -0.25) is 9.78 Å². The van der Waals surface area contributed by atoms with E-state index in [9.17, 15) is 4.79 Å². The van der Waals surface area contributed by atoms with Crippen molar-refractivity contribution in [1.29, 1.82) is 0 Å². The maximum absolute atomic E-state index is 11.9. The average Bonchev–Trinajstić information content (AvgIpc) is 3.29. The molecule has 0 aliphatic carbocycles. The molecule has 0 spiro atoms. The number of aromatic nitrogens is 2. The minimum Gasteiger partial charge on any atom is -0.469 e. The summed E-state index contributed by atoms with van der Waals surface area (Å²) in [6.07, 6.45) is 2.06. The third kappa shape index (κ3) is 4.37. The highest BCUT2D eigenvalue weighted by atomic mass is 32.1. The zero-order valence-corrected chi connectivity index (χ0v) is 20.6. The molecule has 3 aromatic rings. The van der Waals surface area contributed by atoms with Gasteiger partial charge in [0.15, 0.2) is 5.11 Å². The highest BCUT2D eigenvalue weighted by Crippen LogP contribution is 2.41. The molecule has 172 valence electrons. The second-order valence-electron chi connectivity index (χ2n) is 8.60. The highest BCUT2D eigenvalue weighted by Gasteiger charge is 2.41. The molecule has 1 fully saturated rings. The predicted molar refractivity (Wildman–Crippen MR) is 134 cm³/mol. The Morgan fingerprint density at radius 2 is 1.94 bits per heavy atom. The fourth-order valence-electron chi connectivity index (χ4n) is 4.72. The molecule has 2 aromatic heterocycles. The van der Waals surface area contributed by atoms with Crippen molar-refractivity contribution in [3.63, 3.8) is 0 Å². The molecule has 1 N–H and O–H groups in total. The van der Waals surface area contributed by atoms with Gasteiger partial charge in [0.05, 0.1) is 31.3 Å². The number of hydrogen-bond acceptors (Lipinski definition) is 4. The molecular formula is C26H30N4O2S. The number of esters is 1. The first kappa shape index (κ1) is 23.0. The SMILES string of the molecule is COC(=O)CCN1C(=S)N[C@H](c2ccccn2)[C@H]1c1cc(C)n(-c2cc(C)ccc2C)c1C. The van der Waals surface area contributed by atoms with E-state index >= 15 is 0 Å². The molecule has 0 saturated carbocycles. The van der Waals surface area contributed by atoms with Crippen molar-refractivity contribution in [2.45, 2.75) is 46.2 Å². The first-order valence-corrected chi connectivity index (χ1v) is 11.5. The van der Waals surface area contributed by atoms with Crippen LogP contribution in [0.2, 0.25) is 0 Å². The molecule has 0 radical (unpaired) electrons. The monoisotopic (exact) mass is 462 g/mol. The van der Waals surface area contributed by atoms with Gasteiger partial charge < -0.3 is 19.5 Å². The van der Waals surface area contributed by atoms with E-state index in [2.05, 4.69) is 71.7 Å². The van der Waals surface area contributed by atoms with E-state index in [1.165, 1.54) is 29.5 Å². The van der Waals surface area contributed by atoms with Gasteiger partial charge in [-0.1, -0.05) is 18.2 Å². The van der Waals surface area contributed by atoms with Crippen LogP contribution in [0.5, 0.6) is 0 Å². The number of carbonyl (C=O) groups is 1. The molecule has 33 heavy (non-hydrogen) atoms. The molecule has 4 rings (SSSR count). The Morgan fingerprint density at radius 3 is 2.64 bits per heavy atom. The summed E-state index contributed by atoms with van der Waals surface area (Å²) in [5.74, 6) is -0.251. The molecule has 3 heterocycles. The average molecular weight is 463 g/mol. The standard InChI is InChI=1S/C26H30N4O2S/c1-16-9-10-17(2)22(14-16)30-18(3)15-20(19(30)4)25-24(21-8-6-7-12-27-21)28-26(33)29(25)13-11-23(31)32-5/h6-10,12,14-15,24-25H,11,13H2,1-5H3,(H,28,33)/t24-,25-/m1/s1. The predicted octanol–water partition coefficient (Wildman–Crippen LogP) is 4.64. The van der Waals surface area contributed by atoms with Gasteiger partial charge in [-0.05, 0) is 80.9 Å². The molecule has 0 amide bonds. The van der Waals surface area contributed by atoms with Crippen molar-refractivity contribution in [2.75, 3.05) is 13.7 Å². The molecule has 7 heteroatoms. The van der Waals surface area contributed by atoms with Crippen molar-refractivity contribution in [1.82, 2.24) is 19.8 Å². The Labute approximate surface area is 200 Å². The third-order valence-electron chi connectivity index (χ3n) is 6.38. The topological polar surface area (TPSA) is 59.4 Å². The van der Waals surface area contributed by atoms with Gasteiger partial charge in [0, 0.05) is 29.8 Å². The quantitative estimate of drug-likeness (QED) is 0.425. The summed E-state index contributed by atoms with van der Waals surface area (Å²) < 4.78 is 7.19. The van der Waals surface area contributed by atoms with Crippen molar-refractivity contribution in [2.24, 2.45) is 0 Å². The van der Waals surface area contributed by atoms with E-state index in [4.69, 9.17) is 17.0 Å². The van der Waals surface area contributed by atoms with Gasteiger partial charge in [0.25, 0.3) is 0 Å². The lowest BCUT2D eigenvalue weighted by Crippen LogP contribution is -2.32. The van der Waals surface area contributed by atoms with Gasteiger partial charge in [0.1, 0.15) is 0 Å². The minimum absolute atomic E-state index is 0.0953. The minimum atomic E-state index is -0.251. The number of ether oxygens (including phenoxy) is 1. The summed E-state index contributed by atoms with van der Waals surface area (Å²) in [6, 6.07) is 14.5. The molecule has 1 aliphatic rings. The molecular weight excluding hydrogens is 432 g/mol. The lowest BCUT2D eigenvalue weighted by molar-refractivity contribution is -0.140. The highest BCUT2D eigenvalue weighted by molar-refractivity contribution is 7.80. The van der Waals surface area contributed by atoms with Crippen molar-refractivity contribution >= 4 is 23.3 Å². The van der Waals surface area contributed by atoms with Gasteiger partial charge in [-0.25, -0.2) is 0 Å². The number of rotatable bonds is 6. The number of nitrogens with zero attached hydrogens (tertiary/aromatic N) is 3. The second kappa shape index (κ2) is 9.35. The zero-order chi connectivity index (χ0) is 23.7. The van der Waals surface area contributed by atoms with E-state index < -0.39 is 0 Å². The Balaban J connectivity index is 1.82. The smallest absolute Gasteiger partial charge is 0.307 e. The summed E-state index contributed by atoms with van der Waals surface area (Å²) in [5, 5.41) is 4.08. The van der Waals surface area contributed by atoms with Gasteiger partial charge >= 0.3 is 5.97 Å². The van der Waals surface area contributed by atoms with Crippen LogP contribution in [0.3, 0.4) is 0 Å². The van der Waals surface area contributed by atoms with Crippen LogP contribution < -0.4 is 5.32 Å². The van der Waals surface area contributed by atoms with Crippen LogP contribution in [0.25, 0.3) is 5.69 Å². The number of aryl methyl sites for hydroxylation is 3. The summed E-state index contributed by atoms with van der Waals surface area (Å²) in [4.78, 5) is 18.6. The maximum Gasteiger partial charge on any atom is 0.307 e. The fourth-order valence-corrected chi connectivity index (χ4v) is 5.05. The summed E-state index contributed by atoms with van der Waals surface area (Å²) >= 11 is 5.73. The molecule has 1 saturated heterocycles. The molecule has 0 bridgehead atoms. The maximum atomic E-state index is 11.9. The fraction of sp³-hybridized carbons (Fsp3) is 0.346.